The number of rotatable bonds is 7. The zero-order valence-electron chi connectivity index (χ0n) is 16.6. The fourth-order valence-electron chi connectivity index (χ4n) is 2.73. The van der Waals surface area contributed by atoms with Gasteiger partial charge < -0.3 is 14.8 Å². The van der Waals surface area contributed by atoms with Crippen LogP contribution in [-0.4, -0.2) is 24.6 Å². The maximum Gasteiger partial charge on any atom is 0.341 e. The van der Waals surface area contributed by atoms with Crippen LogP contribution in [0.2, 0.25) is 10.0 Å². The van der Waals surface area contributed by atoms with Gasteiger partial charge in [-0.3, -0.25) is 4.79 Å². The first-order valence-corrected chi connectivity index (χ1v) is 11.7. The summed E-state index contributed by atoms with van der Waals surface area (Å²) in [5.74, 6) is -0.604. The molecular formula is C22H18BrCl2NO4S. The summed E-state index contributed by atoms with van der Waals surface area (Å²) in [5.41, 5.74) is 1.82. The van der Waals surface area contributed by atoms with Gasteiger partial charge in [-0.2, -0.15) is 0 Å². The Bertz CT molecular complexity index is 1100. The lowest BCUT2D eigenvalue weighted by atomic mass is 10.0. The number of amides is 1. The molecule has 0 spiro atoms. The summed E-state index contributed by atoms with van der Waals surface area (Å²) >= 11 is 16.7. The molecule has 0 radical (unpaired) electrons. The number of esters is 1. The van der Waals surface area contributed by atoms with Gasteiger partial charge in [-0.1, -0.05) is 51.3 Å². The van der Waals surface area contributed by atoms with Crippen LogP contribution in [0, 0.1) is 0 Å². The van der Waals surface area contributed by atoms with Crippen molar-refractivity contribution < 1.29 is 19.1 Å². The van der Waals surface area contributed by atoms with E-state index in [9.17, 15) is 9.59 Å². The van der Waals surface area contributed by atoms with Crippen LogP contribution in [0.5, 0.6) is 5.75 Å². The zero-order valence-corrected chi connectivity index (χ0v) is 20.5. The first-order valence-electron chi connectivity index (χ1n) is 9.27. The van der Waals surface area contributed by atoms with Crippen molar-refractivity contribution in [3.05, 3.63) is 67.9 Å². The Hall–Kier alpha value is -2.06. The molecule has 9 heteroatoms. The average molecular weight is 543 g/mol. The molecule has 0 aliphatic carbocycles. The van der Waals surface area contributed by atoms with E-state index in [4.69, 9.17) is 32.7 Å². The SMILES string of the molecule is CCOC(=O)c1c(-c2ccc(Br)cc2)csc1NC(=O)C(C)Oc1ccc(Cl)cc1Cl. The van der Waals surface area contributed by atoms with E-state index in [2.05, 4.69) is 21.2 Å². The minimum atomic E-state index is -0.869. The minimum Gasteiger partial charge on any atom is -0.479 e. The number of ether oxygens (including phenoxy) is 2. The van der Waals surface area contributed by atoms with Crippen molar-refractivity contribution >= 4 is 67.3 Å². The maximum atomic E-state index is 12.8. The average Bonchev–Trinajstić information content (AvgIpc) is 3.14. The number of halogens is 3. The lowest BCUT2D eigenvalue weighted by Gasteiger charge is -2.16. The first-order chi connectivity index (χ1) is 14.8. The van der Waals surface area contributed by atoms with Gasteiger partial charge in [0.05, 0.1) is 11.6 Å². The van der Waals surface area contributed by atoms with Gasteiger partial charge >= 0.3 is 5.97 Å². The van der Waals surface area contributed by atoms with Crippen molar-refractivity contribution in [2.45, 2.75) is 20.0 Å². The molecule has 2 aromatic carbocycles. The molecule has 1 unspecified atom stereocenters. The molecule has 5 nitrogen and oxygen atoms in total. The molecule has 0 bridgehead atoms. The first kappa shape index (κ1) is 23.6. The van der Waals surface area contributed by atoms with Crippen LogP contribution < -0.4 is 10.1 Å². The molecule has 162 valence electrons. The second-order valence-electron chi connectivity index (χ2n) is 6.40. The predicted octanol–water partition coefficient (Wildman–Crippen LogP) is 7.07. The van der Waals surface area contributed by atoms with Crippen LogP contribution >= 0.6 is 50.5 Å². The van der Waals surface area contributed by atoms with E-state index < -0.39 is 18.0 Å². The third kappa shape index (κ3) is 5.80. The zero-order chi connectivity index (χ0) is 22.5. The number of anilines is 1. The molecule has 31 heavy (non-hydrogen) atoms. The van der Waals surface area contributed by atoms with Crippen LogP contribution in [0.25, 0.3) is 11.1 Å². The third-order valence-electron chi connectivity index (χ3n) is 4.23. The van der Waals surface area contributed by atoms with E-state index in [0.29, 0.717) is 31.9 Å². The molecular weight excluding hydrogens is 525 g/mol. The molecule has 3 aromatic rings. The van der Waals surface area contributed by atoms with E-state index in [1.54, 1.807) is 26.0 Å². The topological polar surface area (TPSA) is 64.6 Å². The normalized spacial score (nSPS) is 11.6. The number of carbonyl (C=O) groups excluding carboxylic acids is 2. The van der Waals surface area contributed by atoms with Crippen molar-refractivity contribution in [2.75, 3.05) is 11.9 Å². The van der Waals surface area contributed by atoms with Crippen molar-refractivity contribution in [3.8, 4) is 16.9 Å². The number of nitrogens with one attached hydrogen (secondary N) is 1. The summed E-state index contributed by atoms with van der Waals surface area (Å²) in [5, 5.41) is 5.74. The Morgan fingerprint density at radius 1 is 1.16 bits per heavy atom. The lowest BCUT2D eigenvalue weighted by Crippen LogP contribution is -2.30. The van der Waals surface area contributed by atoms with Crippen molar-refractivity contribution in [1.29, 1.82) is 0 Å². The summed E-state index contributed by atoms with van der Waals surface area (Å²) in [6.07, 6.45) is -0.869. The van der Waals surface area contributed by atoms with Gasteiger partial charge in [-0.05, 0) is 49.7 Å². The predicted molar refractivity (Wildman–Crippen MR) is 129 cm³/mol. The maximum absolute atomic E-state index is 12.8. The van der Waals surface area contributed by atoms with E-state index >= 15 is 0 Å². The fourth-order valence-corrected chi connectivity index (χ4v) is 4.40. The van der Waals surface area contributed by atoms with Crippen molar-refractivity contribution in [1.82, 2.24) is 0 Å². The molecule has 1 heterocycles. The molecule has 1 atom stereocenters. The second-order valence-corrected chi connectivity index (χ2v) is 9.04. The molecule has 1 N–H and O–H groups in total. The molecule has 1 amide bonds. The Morgan fingerprint density at radius 3 is 2.52 bits per heavy atom. The molecule has 0 aliphatic heterocycles. The molecule has 1 aromatic heterocycles. The highest BCUT2D eigenvalue weighted by molar-refractivity contribution is 9.10. The van der Waals surface area contributed by atoms with E-state index in [1.165, 1.54) is 17.4 Å². The Balaban J connectivity index is 1.85. The Morgan fingerprint density at radius 2 is 1.87 bits per heavy atom. The fraction of sp³-hybridized carbons (Fsp3) is 0.182. The third-order valence-corrected chi connectivity index (χ3v) is 6.18. The van der Waals surface area contributed by atoms with Crippen LogP contribution in [0.4, 0.5) is 5.00 Å². The molecule has 0 saturated heterocycles. The molecule has 0 fully saturated rings. The van der Waals surface area contributed by atoms with Crippen molar-refractivity contribution in [3.63, 3.8) is 0 Å². The van der Waals surface area contributed by atoms with Crippen LogP contribution in [0.15, 0.2) is 52.3 Å². The summed E-state index contributed by atoms with van der Waals surface area (Å²) < 4.78 is 11.8. The summed E-state index contributed by atoms with van der Waals surface area (Å²) in [6, 6.07) is 12.3. The van der Waals surface area contributed by atoms with E-state index in [1.807, 2.05) is 29.6 Å². The number of hydrogen-bond donors (Lipinski definition) is 1. The largest absolute Gasteiger partial charge is 0.479 e. The second kappa shape index (κ2) is 10.5. The van der Waals surface area contributed by atoms with E-state index in [-0.39, 0.29) is 6.61 Å². The smallest absolute Gasteiger partial charge is 0.341 e. The quantitative estimate of drug-likeness (QED) is 0.324. The molecule has 0 aliphatic rings. The molecule has 3 rings (SSSR count). The number of benzene rings is 2. The Labute approximate surface area is 202 Å². The van der Waals surface area contributed by atoms with Gasteiger partial charge in [-0.15, -0.1) is 11.3 Å². The lowest BCUT2D eigenvalue weighted by molar-refractivity contribution is -0.122. The van der Waals surface area contributed by atoms with Gasteiger partial charge in [0.25, 0.3) is 5.91 Å². The summed E-state index contributed by atoms with van der Waals surface area (Å²) in [4.78, 5) is 25.4. The van der Waals surface area contributed by atoms with Gasteiger partial charge in [0.1, 0.15) is 16.3 Å². The van der Waals surface area contributed by atoms with E-state index in [0.717, 1.165) is 10.0 Å². The van der Waals surface area contributed by atoms with Crippen LogP contribution in [0.1, 0.15) is 24.2 Å². The van der Waals surface area contributed by atoms with Crippen molar-refractivity contribution in [2.24, 2.45) is 0 Å². The highest BCUT2D eigenvalue weighted by Gasteiger charge is 2.25. The standard InChI is InChI=1S/C22H18BrCl2NO4S/c1-3-29-22(28)19-16(13-4-6-14(23)7-5-13)11-31-21(19)26-20(27)12(2)30-18-9-8-15(24)10-17(18)25/h4-12H,3H2,1-2H3,(H,26,27). The number of carbonyl (C=O) groups is 2. The summed E-state index contributed by atoms with van der Waals surface area (Å²) in [7, 11) is 0. The number of thiophene rings is 1. The van der Waals surface area contributed by atoms with Gasteiger partial charge in [-0.25, -0.2) is 4.79 Å². The monoisotopic (exact) mass is 541 g/mol. The summed E-state index contributed by atoms with van der Waals surface area (Å²) in [6.45, 7) is 3.54. The highest BCUT2D eigenvalue weighted by Crippen LogP contribution is 2.37. The van der Waals surface area contributed by atoms with Crippen LogP contribution in [0.3, 0.4) is 0 Å². The van der Waals surface area contributed by atoms with Gasteiger partial charge in [0.15, 0.2) is 6.10 Å². The highest BCUT2D eigenvalue weighted by atomic mass is 79.9. The molecule has 0 saturated carbocycles. The minimum absolute atomic E-state index is 0.219. The number of hydrogen-bond acceptors (Lipinski definition) is 5. The van der Waals surface area contributed by atoms with Crippen LogP contribution in [-0.2, 0) is 9.53 Å². The van der Waals surface area contributed by atoms with Gasteiger partial charge in [0.2, 0.25) is 0 Å². The van der Waals surface area contributed by atoms with Gasteiger partial charge in [0, 0.05) is 20.4 Å². The Kier molecular flexibility index (Phi) is 8.00.